The van der Waals surface area contributed by atoms with Gasteiger partial charge in [-0.25, -0.2) is 0 Å². The third-order valence-electron chi connectivity index (χ3n) is 4.79. The Kier molecular flexibility index (Phi) is 5.87. The Bertz CT molecular complexity index is 965. The number of benzene rings is 3. The highest BCUT2D eigenvalue weighted by Crippen LogP contribution is 2.28. The number of carbonyl (C=O) groups is 2. The molecule has 0 saturated carbocycles. The SMILES string of the molecule is CC[C@@H](C)c1ccccc1NC(=O)COc1ccc2ccccc2c1C=O. The van der Waals surface area contributed by atoms with E-state index in [-0.39, 0.29) is 12.5 Å². The van der Waals surface area contributed by atoms with Crippen molar-refractivity contribution in [3.63, 3.8) is 0 Å². The standard InChI is InChI=1S/C23H23NO3/c1-3-16(2)18-9-6-7-11-21(18)24-23(26)15-27-22-13-12-17-8-4-5-10-19(17)20(22)14-25/h4-14,16H,3,15H2,1-2H3,(H,24,26)/t16-/m1/s1. The smallest absolute Gasteiger partial charge is 0.262 e. The molecular weight excluding hydrogens is 338 g/mol. The van der Waals surface area contributed by atoms with Crippen LogP contribution in [-0.2, 0) is 4.79 Å². The highest BCUT2D eigenvalue weighted by molar-refractivity contribution is 6.01. The Balaban J connectivity index is 1.74. The van der Waals surface area contributed by atoms with Crippen molar-refractivity contribution in [1.29, 1.82) is 0 Å². The van der Waals surface area contributed by atoms with Crippen molar-refractivity contribution in [1.82, 2.24) is 0 Å². The summed E-state index contributed by atoms with van der Waals surface area (Å²) in [6.45, 7) is 4.09. The van der Waals surface area contributed by atoms with Crippen molar-refractivity contribution in [2.24, 2.45) is 0 Å². The van der Waals surface area contributed by atoms with Gasteiger partial charge in [-0.05, 0) is 40.8 Å². The molecule has 1 amide bonds. The van der Waals surface area contributed by atoms with Crippen LogP contribution < -0.4 is 10.1 Å². The monoisotopic (exact) mass is 361 g/mol. The molecule has 3 aromatic rings. The van der Waals surface area contributed by atoms with Crippen LogP contribution in [0.1, 0.15) is 42.1 Å². The minimum absolute atomic E-state index is 0.159. The van der Waals surface area contributed by atoms with Gasteiger partial charge < -0.3 is 10.1 Å². The Labute approximate surface area is 159 Å². The first-order valence-electron chi connectivity index (χ1n) is 9.12. The lowest BCUT2D eigenvalue weighted by molar-refractivity contribution is -0.118. The summed E-state index contributed by atoms with van der Waals surface area (Å²) >= 11 is 0. The average Bonchev–Trinajstić information content (AvgIpc) is 2.71. The predicted octanol–water partition coefficient (Wildman–Crippen LogP) is 5.18. The van der Waals surface area contributed by atoms with Gasteiger partial charge in [0.2, 0.25) is 0 Å². The van der Waals surface area contributed by atoms with Crippen LogP contribution in [0.5, 0.6) is 5.75 Å². The number of hydrogen-bond donors (Lipinski definition) is 1. The lowest BCUT2D eigenvalue weighted by Crippen LogP contribution is -2.21. The zero-order chi connectivity index (χ0) is 19.2. The van der Waals surface area contributed by atoms with E-state index in [0.717, 1.165) is 34.7 Å². The Morgan fingerprint density at radius 3 is 2.59 bits per heavy atom. The Morgan fingerprint density at radius 2 is 1.81 bits per heavy atom. The summed E-state index contributed by atoms with van der Waals surface area (Å²) in [5.74, 6) is 0.509. The van der Waals surface area contributed by atoms with Gasteiger partial charge in [-0.3, -0.25) is 9.59 Å². The molecule has 0 aliphatic carbocycles. The first kappa shape index (κ1) is 18.6. The van der Waals surface area contributed by atoms with Crippen molar-refractivity contribution in [2.75, 3.05) is 11.9 Å². The van der Waals surface area contributed by atoms with Gasteiger partial charge >= 0.3 is 0 Å². The summed E-state index contributed by atoms with van der Waals surface area (Å²) < 4.78 is 5.65. The minimum atomic E-state index is -0.254. The molecular formula is C23H23NO3. The normalized spacial score (nSPS) is 11.8. The van der Waals surface area contributed by atoms with Crippen LogP contribution in [-0.4, -0.2) is 18.8 Å². The van der Waals surface area contributed by atoms with Crippen LogP contribution >= 0.6 is 0 Å². The molecule has 0 bridgehead atoms. The minimum Gasteiger partial charge on any atom is -0.483 e. The van der Waals surface area contributed by atoms with E-state index in [1.165, 1.54) is 0 Å². The topological polar surface area (TPSA) is 55.4 Å². The molecule has 4 heteroatoms. The fraction of sp³-hybridized carbons (Fsp3) is 0.217. The highest BCUT2D eigenvalue weighted by Gasteiger charge is 2.13. The van der Waals surface area contributed by atoms with Crippen LogP contribution in [0.15, 0.2) is 60.7 Å². The number of para-hydroxylation sites is 1. The molecule has 0 saturated heterocycles. The quantitative estimate of drug-likeness (QED) is 0.590. The lowest BCUT2D eigenvalue weighted by atomic mass is 9.97. The van der Waals surface area contributed by atoms with Crippen molar-refractivity contribution >= 4 is 28.7 Å². The van der Waals surface area contributed by atoms with Crippen molar-refractivity contribution in [2.45, 2.75) is 26.2 Å². The molecule has 0 fully saturated rings. The number of aldehydes is 1. The van der Waals surface area contributed by atoms with E-state index in [0.29, 0.717) is 17.2 Å². The number of hydrogen-bond acceptors (Lipinski definition) is 3. The Morgan fingerprint density at radius 1 is 1.07 bits per heavy atom. The van der Waals surface area contributed by atoms with Gasteiger partial charge in [0.15, 0.2) is 12.9 Å². The maximum absolute atomic E-state index is 12.4. The van der Waals surface area contributed by atoms with E-state index in [9.17, 15) is 9.59 Å². The maximum atomic E-state index is 12.4. The molecule has 0 aromatic heterocycles. The number of ether oxygens (including phenoxy) is 1. The summed E-state index contributed by atoms with van der Waals surface area (Å²) in [6, 6.07) is 19.0. The number of nitrogens with one attached hydrogen (secondary N) is 1. The van der Waals surface area contributed by atoms with E-state index < -0.39 is 0 Å². The van der Waals surface area contributed by atoms with Gasteiger partial charge in [-0.15, -0.1) is 0 Å². The lowest BCUT2D eigenvalue weighted by Gasteiger charge is -2.16. The maximum Gasteiger partial charge on any atom is 0.262 e. The van der Waals surface area contributed by atoms with E-state index in [2.05, 4.69) is 19.2 Å². The Hall–Kier alpha value is -3.14. The molecule has 0 radical (unpaired) electrons. The van der Waals surface area contributed by atoms with Gasteiger partial charge in [0, 0.05) is 5.69 Å². The second-order valence-electron chi connectivity index (χ2n) is 6.55. The first-order valence-corrected chi connectivity index (χ1v) is 9.12. The number of anilines is 1. The highest BCUT2D eigenvalue weighted by atomic mass is 16.5. The number of rotatable bonds is 7. The van der Waals surface area contributed by atoms with Crippen LogP contribution in [0.25, 0.3) is 10.8 Å². The fourth-order valence-electron chi connectivity index (χ4n) is 3.11. The summed E-state index contributed by atoms with van der Waals surface area (Å²) in [5.41, 5.74) is 2.36. The molecule has 0 unspecified atom stereocenters. The summed E-state index contributed by atoms with van der Waals surface area (Å²) in [6.07, 6.45) is 1.76. The fourth-order valence-corrected chi connectivity index (χ4v) is 3.11. The van der Waals surface area contributed by atoms with Crippen molar-refractivity contribution in [3.05, 3.63) is 71.8 Å². The number of fused-ring (bicyclic) bond motifs is 1. The predicted molar refractivity (Wildman–Crippen MR) is 109 cm³/mol. The van der Waals surface area contributed by atoms with Crippen LogP contribution in [0.4, 0.5) is 5.69 Å². The van der Waals surface area contributed by atoms with E-state index in [4.69, 9.17) is 4.74 Å². The molecule has 1 N–H and O–H groups in total. The molecule has 0 aliphatic heterocycles. The molecule has 0 heterocycles. The van der Waals surface area contributed by atoms with Crippen LogP contribution in [0.2, 0.25) is 0 Å². The molecule has 1 atom stereocenters. The molecule has 3 aromatic carbocycles. The third-order valence-corrected chi connectivity index (χ3v) is 4.79. The van der Waals surface area contributed by atoms with Crippen molar-refractivity contribution in [3.8, 4) is 5.75 Å². The van der Waals surface area contributed by atoms with Gasteiger partial charge in [0.25, 0.3) is 5.91 Å². The van der Waals surface area contributed by atoms with Gasteiger partial charge in [0.1, 0.15) is 5.75 Å². The molecule has 3 rings (SSSR count). The second-order valence-corrected chi connectivity index (χ2v) is 6.55. The van der Waals surface area contributed by atoms with Crippen LogP contribution in [0.3, 0.4) is 0 Å². The molecule has 138 valence electrons. The average molecular weight is 361 g/mol. The van der Waals surface area contributed by atoms with Gasteiger partial charge in [-0.2, -0.15) is 0 Å². The summed E-state index contributed by atoms with van der Waals surface area (Å²) in [4.78, 5) is 23.9. The molecule has 0 spiro atoms. The third kappa shape index (κ3) is 4.17. The number of amides is 1. The number of carbonyl (C=O) groups excluding carboxylic acids is 2. The molecule has 4 nitrogen and oxygen atoms in total. The summed E-state index contributed by atoms with van der Waals surface area (Å²) in [7, 11) is 0. The zero-order valence-electron chi connectivity index (χ0n) is 15.6. The van der Waals surface area contributed by atoms with E-state index in [1.54, 1.807) is 6.07 Å². The first-order chi connectivity index (χ1) is 13.1. The van der Waals surface area contributed by atoms with Gasteiger partial charge in [-0.1, -0.05) is 62.4 Å². The van der Waals surface area contributed by atoms with Gasteiger partial charge in [0.05, 0.1) is 5.56 Å². The van der Waals surface area contributed by atoms with E-state index in [1.807, 2.05) is 54.6 Å². The second kappa shape index (κ2) is 8.49. The largest absolute Gasteiger partial charge is 0.483 e. The zero-order valence-corrected chi connectivity index (χ0v) is 15.6. The molecule has 27 heavy (non-hydrogen) atoms. The van der Waals surface area contributed by atoms with Crippen molar-refractivity contribution < 1.29 is 14.3 Å². The van der Waals surface area contributed by atoms with Crippen LogP contribution in [0, 0.1) is 0 Å². The summed E-state index contributed by atoms with van der Waals surface area (Å²) in [5, 5.41) is 4.69. The molecule has 0 aliphatic rings. The van der Waals surface area contributed by atoms with E-state index >= 15 is 0 Å².